The summed E-state index contributed by atoms with van der Waals surface area (Å²) in [7, 11) is 0. The molecule has 0 spiro atoms. The highest BCUT2D eigenvalue weighted by Gasteiger charge is 2.19. The van der Waals surface area contributed by atoms with E-state index in [1.54, 1.807) is 11.3 Å². The smallest absolute Gasteiger partial charge is 0.124 e. The summed E-state index contributed by atoms with van der Waals surface area (Å²) >= 11 is 3.65. The summed E-state index contributed by atoms with van der Waals surface area (Å²) in [6.45, 7) is 0. The van der Waals surface area contributed by atoms with Gasteiger partial charge in [0.25, 0.3) is 0 Å². The molecule has 12 rings (SSSR count). The molecule has 286 valence electrons. The van der Waals surface area contributed by atoms with Gasteiger partial charge in [-0.05, 0) is 110 Å². The first-order valence-corrected chi connectivity index (χ1v) is 22.2. The van der Waals surface area contributed by atoms with Crippen molar-refractivity contribution in [3.05, 3.63) is 218 Å². The van der Waals surface area contributed by atoms with Gasteiger partial charge in [0.05, 0.1) is 15.9 Å². The van der Waals surface area contributed by atoms with Gasteiger partial charge in [-0.2, -0.15) is 0 Å². The first-order valence-electron chi connectivity index (χ1n) is 20.6. The van der Waals surface area contributed by atoms with Gasteiger partial charge in [0.15, 0.2) is 0 Å². The molecule has 0 fully saturated rings. The van der Waals surface area contributed by atoms with Gasteiger partial charge in [-0.15, -0.1) is 22.7 Å². The Morgan fingerprint density at radius 3 is 1.72 bits per heavy atom. The van der Waals surface area contributed by atoms with Gasteiger partial charge >= 0.3 is 0 Å². The number of thiazole rings is 1. The molecule has 0 saturated heterocycles. The number of fused-ring (bicyclic) bond motifs is 8. The Morgan fingerprint density at radius 2 is 0.951 bits per heavy atom. The van der Waals surface area contributed by atoms with Crippen LogP contribution in [0.2, 0.25) is 0 Å². The normalized spacial score (nSPS) is 11.6. The van der Waals surface area contributed by atoms with Gasteiger partial charge in [0.1, 0.15) is 5.01 Å². The van der Waals surface area contributed by atoms with Crippen molar-refractivity contribution in [2.45, 2.75) is 0 Å². The Bertz CT molecular complexity index is 3570. The quantitative estimate of drug-likeness (QED) is 0.149. The number of aromatic nitrogens is 1. The third-order valence-electron chi connectivity index (χ3n) is 11.9. The predicted octanol–water partition coefficient (Wildman–Crippen LogP) is 17.1. The van der Waals surface area contributed by atoms with Crippen LogP contribution in [0.1, 0.15) is 0 Å². The highest BCUT2D eigenvalue weighted by atomic mass is 32.1. The molecule has 2 nitrogen and oxygen atoms in total. The molecule has 12 aromatic rings. The molecule has 0 radical (unpaired) electrons. The van der Waals surface area contributed by atoms with Crippen LogP contribution < -0.4 is 4.90 Å². The topological polar surface area (TPSA) is 16.1 Å². The molecule has 0 saturated carbocycles. The van der Waals surface area contributed by atoms with Gasteiger partial charge in [-0.25, -0.2) is 4.98 Å². The molecule has 0 bridgehead atoms. The Kier molecular flexibility index (Phi) is 8.58. The molecule has 0 aliphatic heterocycles. The Morgan fingerprint density at radius 1 is 0.361 bits per heavy atom. The van der Waals surface area contributed by atoms with Crippen molar-refractivity contribution in [3.63, 3.8) is 0 Å². The number of thiophene rings is 1. The summed E-state index contributed by atoms with van der Waals surface area (Å²) in [5, 5.41) is 8.72. The van der Waals surface area contributed by atoms with Crippen molar-refractivity contribution in [3.8, 4) is 44.0 Å². The predicted molar refractivity (Wildman–Crippen MR) is 264 cm³/mol. The largest absolute Gasteiger partial charge is 0.310 e. The van der Waals surface area contributed by atoms with E-state index in [0.29, 0.717) is 0 Å². The Hall–Kier alpha value is -7.37. The zero-order chi connectivity index (χ0) is 40.3. The number of hydrogen-bond donors (Lipinski definition) is 0. The zero-order valence-corrected chi connectivity index (χ0v) is 34.6. The van der Waals surface area contributed by atoms with Crippen molar-refractivity contribution in [2.24, 2.45) is 0 Å². The molecule has 4 heteroatoms. The molecule has 0 aliphatic rings. The van der Waals surface area contributed by atoms with Crippen molar-refractivity contribution in [1.29, 1.82) is 0 Å². The lowest BCUT2D eigenvalue weighted by atomic mass is 9.93. The van der Waals surface area contributed by atoms with E-state index in [2.05, 4.69) is 223 Å². The SMILES string of the molecule is c1ccc(-c2nc3ccc4sc5ccc(-c6ccc(N(c7ccc(-c8cc9ccccc9c9ccccc89)cc7)c7ccccc7-c7ccccc7)cc6)cc5c4c3s2)cc1. The lowest BCUT2D eigenvalue weighted by Crippen LogP contribution is -2.11. The summed E-state index contributed by atoms with van der Waals surface area (Å²) in [4.78, 5) is 7.46. The van der Waals surface area contributed by atoms with E-state index in [9.17, 15) is 0 Å². The summed E-state index contributed by atoms with van der Waals surface area (Å²) < 4.78 is 3.84. The number of nitrogens with zero attached hydrogens (tertiary/aromatic N) is 2. The molecule has 10 aromatic carbocycles. The van der Waals surface area contributed by atoms with Crippen LogP contribution >= 0.6 is 22.7 Å². The highest BCUT2D eigenvalue weighted by Crippen LogP contribution is 2.45. The summed E-state index contributed by atoms with van der Waals surface area (Å²) in [5.74, 6) is 0. The molecule has 0 amide bonds. The van der Waals surface area contributed by atoms with E-state index >= 15 is 0 Å². The highest BCUT2D eigenvalue weighted by molar-refractivity contribution is 7.28. The summed E-state index contributed by atoms with van der Waals surface area (Å²) in [6.07, 6.45) is 0. The average molecular weight is 813 g/mol. The fourth-order valence-corrected chi connectivity index (χ4v) is 11.3. The van der Waals surface area contributed by atoms with Crippen LogP contribution in [0.15, 0.2) is 218 Å². The molecule has 2 heterocycles. The van der Waals surface area contributed by atoms with Crippen LogP contribution in [0.3, 0.4) is 0 Å². The maximum atomic E-state index is 5.06. The van der Waals surface area contributed by atoms with E-state index in [1.165, 1.54) is 79.8 Å². The van der Waals surface area contributed by atoms with E-state index in [1.807, 2.05) is 11.3 Å². The maximum Gasteiger partial charge on any atom is 0.124 e. The first-order chi connectivity index (χ1) is 30.2. The second kappa shape index (κ2) is 14.7. The van der Waals surface area contributed by atoms with E-state index in [-0.39, 0.29) is 0 Å². The van der Waals surface area contributed by atoms with Crippen molar-refractivity contribution in [2.75, 3.05) is 4.90 Å². The maximum absolute atomic E-state index is 5.06. The third kappa shape index (κ3) is 6.19. The Balaban J connectivity index is 0.959. The van der Waals surface area contributed by atoms with Crippen LogP contribution in [-0.2, 0) is 0 Å². The monoisotopic (exact) mass is 812 g/mol. The van der Waals surface area contributed by atoms with Gasteiger partial charge in [0.2, 0.25) is 0 Å². The number of para-hydroxylation sites is 1. The van der Waals surface area contributed by atoms with Crippen LogP contribution in [0.4, 0.5) is 17.1 Å². The van der Waals surface area contributed by atoms with E-state index < -0.39 is 0 Å². The third-order valence-corrected chi connectivity index (χ3v) is 14.2. The lowest BCUT2D eigenvalue weighted by molar-refractivity contribution is 1.28. The van der Waals surface area contributed by atoms with Crippen molar-refractivity contribution < 1.29 is 0 Å². The van der Waals surface area contributed by atoms with Crippen LogP contribution in [0.5, 0.6) is 0 Å². The number of anilines is 3. The number of rotatable bonds is 7. The minimum atomic E-state index is 1.06. The molecule has 0 N–H and O–H groups in total. The van der Waals surface area contributed by atoms with Crippen LogP contribution in [0, 0.1) is 0 Å². The second-order valence-electron chi connectivity index (χ2n) is 15.5. The molecular formula is C57H36N2S2. The standard InChI is InChI=1S/C57H36N2S2/c1-3-13-38(14-4-1)46-19-11-12-22-52(46)59(44-30-25-39(26-31-44)49-36-42-17-7-8-18-45(42)47-20-9-10-21-48(47)49)43-28-23-37(24-29-43)41-27-33-53-50(35-41)55-54(60-53)34-32-51-56(55)61-57(58-51)40-15-5-2-6-16-40/h1-36H. The first kappa shape index (κ1) is 35.6. The fraction of sp³-hybridized carbons (Fsp3) is 0. The summed E-state index contributed by atoms with van der Waals surface area (Å²) in [5.41, 5.74) is 12.7. The van der Waals surface area contributed by atoms with E-state index in [4.69, 9.17) is 4.98 Å². The molecular weight excluding hydrogens is 777 g/mol. The summed E-state index contributed by atoms with van der Waals surface area (Å²) in [6, 6.07) is 79.3. The lowest BCUT2D eigenvalue weighted by Gasteiger charge is -2.28. The zero-order valence-electron chi connectivity index (χ0n) is 33.0. The number of benzene rings is 10. The Labute approximate surface area is 361 Å². The van der Waals surface area contributed by atoms with Crippen LogP contribution in [-0.4, -0.2) is 4.98 Å². The second-order valence-corrected chi connectivity index (χ2v) is 17.6. The average Bonchev–Trinajstić information content (AvgIpc) is 3.94. The molecule has 0 aliphatic carbocycles. The molecule has 2 aromatic heterocycles. The van der Waals surface area contributed by atoms with Crippen LogP contribution in [0.25, 0.3) is 95.9 Å². The van der Waals surface area contributed by atoms with Gasteiger partial charge in [-0.1, -0.05) is 158 Å². The minimum Gasteiger partial charge on any atom is -0.310 e. The van der Waals surface area contributed by atoms with E-state index in [0.717, 1.165) is 33.1 Å². The van der Waals surface area contributed by atoms with Gasteiger partial charge in [0, 0.05) is 42.7 Å². The number of hydrogen-bond acceptors (Lipinski definition) is 4. The molecule has 0 atom stereocenters. The van der Waals surface area contributed by atoms with Crippen molar-refractivity contribution in [1.82, 2.24) is 4.98 Å². The van der Waals surface area contributed by atoms with Gasteiger partial charge < -0.3 is 4.90 Å². The van der Waals surface area contributed by atoms with Crippen molar-refractivity contribution >= 4 is 91.7 Å². The molecule has 61 heavy (non-hydrogen) atoms. The van der Waals surface area contributed by atoms with Gasteiger partial charge in [-0.3, -0.25) is 0 Å². The molecule has 0 unspecified atom stereocenters. The minimum absolute atomic E-state index is 1.06. The fourth-order valence-electron chi connectivity index (χ4n) is 8.97.